The number of nitrogens with two attached hydrogens (primary N) is 1. The van der Waals surface area contributed by atoms with Crippen LogP contribution in [0.5, 0.6) is 0 Å². The second-order valence-electron chi connectivity index (χ2n) is 4.85. The summed E-state index contributed by atoms with van der Waals surface area (Å²) in [7, 11) is 2.22. The molecular formula is C11H23N3. The lowest BCUT2D eigenvalue weighted by Crippen LogP contribution is -2.45. The minimum Gasteiger partial charge on any atom is -0.326 e. The van der Waals surface area contributed by atoms with Gasteiger partial charge in [0.25, 0.3) is 0 Å². The van der Waals surface area contributed by atoms with Crippen molar-refractivity contribution in [3.8, 4) is 0 Å². The van der Waals surface area contributed by atoms with E-state index in [9.17, 15) is 0 Å². The maximum Gasteiger partial charge on any atom is 0.0247 e. The summed E-state index contributed by atoms with van der Waals surface area (Å²) in [5, 5.41) is 0. The number of rotatable bonds is 1. The van der Waals surface area contributed by atoms with E-state index in [1.54, 1.807) is 0 Å². The number of hydrogen-bond acceptors (Lipinski definition) is 3. The van der Waals surface area contributed by atoms with Crippen molar-refractivity contribution in [3.63, 3.8) is 0 Å². The smallest absolute Gasteiger partial charge is 0.0247 e. The topological polar surface area (TPSA) is 32.5 Å². The van der Waals surface area contributed by atoms with E-state index in [2.05, 4.69) is 16.8 Å². The molecule has 82 valence electrons. The van der Waals surface area contributed by atoms with Gasteiger partial charge in [-0.05, 0) is 39.4 Å². The Labute approximate surface area is 87.2 Å². The van der Waals surface area contributed by atoms with Crippen LogP contribution in [0.2, 0.25) is 0 Å². The predicted molar refractivity (Wildman–Crippen MR) is 59.3 cm³/mol. The highest BCUT2D eigenvalue weighted by Crippen LogP contribution is 2.23. The molecule has 0 unspecified atom stereocenters. The molecule has 0 aromatic rings. The third-order valence-corrected chi connectivity index (χ3v) is 3.75. The van der Waals surface area contributed by atoms with Crippen molar-refractivity contribution in [2.45, 2.75) is 37.8 Å². The molecular weight excluding hydrogens is 174 g/mol. The summed E-state index contributed by atoms with van der Waals surface area (Å²) in [5.41, 5.74) is 6.14. The molecule has 3 nitrogen and oxygen atoms in total. The zero-order valence-corrected chi connectivity index (χ0v) is 9.28. The average molecular weight is 197 g/mol. The van der Waals surface area contributed by atoms with Gasteiger partial charge in [-0.15, -0.1) is 0 Å². The lowest BCUT2D eigenvalue weighted by Gasteiger charge is -2.30. The quantitative estimate of drug-likeness (QED) is 0.664. The molecule has 1 saturated carbocycles. The summed E-state index contributed by atoms with van der Waals surface area (Å²) in [6, 6.07) is 1.12. The lowest BCUT2D eigenvalue weighted by molar-refractivity contribution is 0.191. The molecule has 2 atom stereocenters. The first kappa shape index (κ1) is 10.4. The van der Waals surface area contributed by atoms with Gasteiger partial charge in [-0.2, -0.15) is 0 Å². The Kier molecular flexibility index (Phi) is 3.42. The normalized spacial score (nSPS) is 37.3. The van der Waals surface area contributed by atoms with Crippen LogP contribution in [0.4, 0.5) is 0 Å². The van der Waals surface area contributed by atoms with Crippen LogP contribution >= 0.6 is 0 Å². The van der Waals surface area contributed by atoms with Crippen LogP contribution in [-0.4, -0.2) is 55.1 Å². The average Bonchev–Trinajstić information content (AvgIpc) is 2.46. The highest BCUT2D eigenvalue weighted by atomic mass is 15.2. The molecule has 1 saturated heterocycles. The zero-order valence-electron chi connectivity index (χ0n) is 9.28. The van der Waals surface area contributed by atoms with Gasteiger partial charge in [-0.3, -0.25) is 4.90 Å². The van der Waals surface area contributed by atoms with E-state index in [-0.39, 0.29) is 0 Å². The van der Waals surface area contributed by atoms with Crippen molar-refractivity contribution < 1.29 is 0 Å². The summed E-state index contributed by atoms with van der Waals surface area (Å²) in [6.45, 7) is 4.93. The van der Waals surface area contributed by atoms with E-state index in [4.69, 9.17) is 5.73 Å². The fourth-order valence-corrected chi connectivity index (χ4v) is 2.82. The summed E-state index contributed by atoms with van der Waals surface area (Å²) in [5.74, 6) is 0. The van der Waals surface area contributed by atoms with E-state index < -0.39 is 0 Å². The standard InChI is InChI=1S/C11H23N3/c1-13-6-3-7-14(9-8-13)11-5-2-4-10(11)12/h10-11H,2-9,12H2,1H3/t10-,11+/m0/s1. The van der Waals surface area contributed by atoms with Crippen LogP contribution in [0.3, 0.4) is 0 Å². The molecule has 3 heteroatoms. The molecule has 0 aromatic carbocycles. The Bertz CT molecular complexity index is 183. The molecule has 0 amide bonds. The van der Waals surface area contributed by atoms with Crippen LogP contribution in [0.15, 0.2) is 0 Å². The summed E-state index contributed by atoms with van der Waals surface area (Å²) < 4.78 is 0. The maximum absolute atomic E-state index is 6.14. The fourth-order valence-electron chi connectivity index (χ4n) is 2.82. The van der Waals surface area contributed by atoms with E-state index in [0.29, 0.717) is 12.1 Å². The minimum absolute atomic E-state index is 0.443. The largest absolute Gasteiger partial charge is 0.326 e. The Morgan fingerprint density at radius 1 is 1.00 bits per heavy atom. The third kappa shape index (κ3) is 2.27. The van der Waals surface area contributed by atoms with Crippen molar-refractivity contribution in [3.05, 3.63) is 0 Å². The van der Waals surface area contributed by atoms with Gasteiger partial charge >= 0.3 is 0 Å². The highest BCUT2D eigenvalue weighted by molar-refractivity contribution is 4.89. The third-order valence-electron chi connectivity index (χ3n) is 3.75. The molecule has 0 bridgehead atoms. The Hall–Kier alpha value is -0.120. The molecule has 2 fully saturated rings. The van der Waals surface area contributed by atoms with Crippen molar-refractivity contribution in [2.75, 3.05) is 33.2 Å². The first-order chi connectivity index (χ1) is 6.77. The SMILES string of the molecule is CN1CCCN([C@@H]2CCC[C@@H]2N)CC1. The van der Waals surface area contributed by atoms with Crippen molar-refractivity contribution in [1.29, 1.82) is 0 Å². The molecule has 2 N–H and O–H groups in total. The van der Waals surface area contributed by atoms with Crippen molar-refractivity contribution in [2.24, 2.45) is 5.73 Å². The second kappa shape index (κ2) is 4.60. The van der Waals surface area contributed by atoms with Gasteiger partial charge in [0.15, 0.2) is 0 Å². The molecule has 2 aliphatic rings. The number of hydrogen-bond donors (Lipinski definition) is 1. The summed E-state index contributed by atoms with van der Waals surface area (Å²) in [4.78, 5) is 5.06. The first-order valence-electron chi connectivity index (χ1n) is 5.95. The number of nitrogens with zero attached hydrogens (tertiary/aromatic N) is 2. The van der Waals surface area contributed by atoms with Gasteiger partial charge in [0, 0.05) is 25.2 Å². The van der Waals surface area contributed by atoms with Gasteiger partial charge in [0.1, 0.15) is 0 Å². The Morgan fingerprint density at radius 3 is 2.57 bits per heavy atom. The second-order valence-corrected chi connectivity index (χ2v) is 4.85. The number of likely N-dealkylation sites (N-methyl/N-ethyl adjacent to an activating group) is 1. The van der Waals surface area contributed by atoms with Crippen LogP contribution in [-0.2, 0) is 0 Å². The molecule has 14 heavy (non-hydrogen) atoms. The highest BCUT2D eigenvalue weighted by Gasteiger charge is 2.29. The lowest BCUT2D eigenvalue weighted by atomic mass is 10.1. The molecule has 1 heterocycles. The Morgan fingerprint density at radius 2 is 1.86 bits per heavy atom. The van der Waals surface area contributed by atoms with E-state index in [1.807, 2.05) is 0 Å². The molecule has 1 aliphatic heterocycles. The van der Waals surface area contributed by atoms with Crippen molar-refractivity contribution in [1.82, 2.24) is 9.80 Å². The summed E-state index contributed by atoms with van der Waals surface area (Å²) in [6.07, 6.45) is 5.19. The molecule has 0 aromatic heterocycles. The van der Waals surface area contributed by atoms with Gasteiger partial charge in [0.2, 0.25) is 0 Å². The van der Waals surface area contributed by atoms with Gasteiger partial charge in [0.05, 0.1) is 0 Å². The van der Waals surface area contributed by atoms with E-state index in [1.165, 1.54) is 51.9 Å². The van der Waals surface area contributed by atoms with Crippen LogP contribution in [0.1, 0.15) is 25.7 Å². The van der Waals surface area contributed by atoms with Gasteiger partial charge < -0.3 is 10.6 Å². The molecule has 1 aliphatic carbocycles. The van der Waals surface area contributed by atoms with Crippen LogP contribution < -0.4 is 5.73 Å². The zero-order chi connectivity index (χ0) is 9.97. The van der Waals surface area contributed by atoms with E-state index in [0.717, 1.165) is 0 Å². The molecule has 2 rings (SSSR count). The minimum atomic E-state index is 0.443. The first-order valence-corrected chi connectivity index (χ1v) is 5.95. The van der Waals surface area contributed by atoms with Crippen molar-refractivity contribution >= 4 is 0 Å². The molecule has 0 radical (unpaired) electrons. The van der Waals surface area contributed by atoms with Gasteiger partial charge in [-0.1, -0.05) is 6.42 Å². The molecule has 0 spiro atoms. The fraction of sp³-hybridized carbons (Fsp3) is 1.00. The monoisotopic (exact) mass is 197 g/mol. The van der Waals surface area contributed by atoms with Gasteiger partial charge in [-0.25, -0.2) is 0 Å². The summed E-state index contributed by atoms with van der Waals surface area (Å²) >= 11 is 0. The van der Waals surface area contributed by atoms with Crippen LogP contribution in [0, 0.1) is 0 Å². The Balaban J connectivity index is 1.90. The van der Waals surface area contributed by atoms with Crippen LogP contribution in [0.25, 0.3) is 0 Å². The predicted octanol–water partition coefficient (Wildman–Crippen LogP) is 0.504. The maximum atomic E-state index is 6.14. The van der Waals surface area contributed by atoms with E-state index >= 15 is 0 Å².